The molecule has 0 spiro atoms. The molecule has 1 saturated heterocycles. The number of ether oxygens (including phenoxy) is 1. The highest BCUT2D eigenvalue weighted by Gasteiger charge is 2.33. The molecule has 4 nitrogen and oxygen atoms in total. The molecular formula is C14H25N3O. The van der Waals surface area contributed by atoms with E-state index in [9.17, 15) is 0 Å². The summed E-state index contributed by atoms with van der Waals surface area (Å²) in [4.78, 5) is 6.90. The molecule has 1 aromatic rings. The largest absolute Gasteiger partial charge is 0.372 e. The van der Waals surface area contributed by atoms with Crippen molar-refractivity contribution in [2.24, 2.45) is 7.05 Å². The summed E-state index contributed by atoms with van der Waals surface area (Å²) in [5.41, 5.74) is 0.0832. The van der Waals surface area contributed by atoms with Crippen LogP contribution in [0.5, 0.6) is 0 Å². The van der Waals surface area contributed by atoms with Crippen LogP contribution in [-0.2, 0) is 18.2 Å². The summed E-state index contributed by atoms with van der Waals surface area (Å²) in [6, 6.07) is 0. The van der Waals surface area contributed by atoms with Gasteiger partial charge in [-0.25, -0.2) is 4.98 Å². The van der Waals surface area contributed by atoms with Gasteiger partial charge in [-0.2, -0.15) is 0 Å². The highest BCUT2D eigenvalue weighted by atomic mass is 16.5. The van der Waals surface area contributed by atoms with Crippen LogP contribution in [-0.4, -0.2) is 46.3 Å². The topological polar surface area (TPSA) is 30.3 Å². The first-order chi connectivity index (χ1) is 8.69. The summed E-state index contributed by atoms with van der Waals surface area (Å²) in [6.45, 7) is 8.51. The second-order valence-corrected chi connectivity index (χ2v) is 5.22. The predicted molar refractivity (Wildman–Crippen MR) is 72.6 cm³/mol. The van der Waals surface area contributed by atoms with Gasteiger partial charge in [-0.05, 0) is 12.8 Å². The third-order valence-corrected chi connectivity index (χ3v) is 4.19. The minimum atomic E-state index is 0.0832. The zero-order valence-electron chi connectivity index (χ0n) is 11.9. The number of morpholine rings is 1. The van der Waals surface area contributed by atoms with Gasteiger partial charge in [0.1, 0.15) is 5.82 Å². The molecule has 2 rings (SSSR count). The van der Waals surface area contributed by atoms with Crippen molar-refractivity contribution in [2.75, 3.05) is 26.2 Å². The fourth-order valence-corrected chi connectivity index (χ4v) is 2.69. The zero-order valence-corrected chi connectivity index (χ0v) is 11.9. The molecule has 0 aromatic carbocycles. The zero-order chi connectivity index (χ0) is 13.0. The van der Waals surface area contributed by atoms with Gasteiger partial charge in [0.2, 0.25) is 0 Å². The summed E-state index contributed by atoms with van der Waals surface area (Å²) >= 11 is 0. The van der Waals surface area contributed by atoms with Crippen molar-refractivity contribution in [1.29, 1.82) is 0 Å². The second-order valence-electron chi connectivity index (χ2n) is 5.22. The fraction of sp³-hybridized carbons (Fsp3) is 0.786. The maximum Gasteiger partial charge on any atom is 0.109 e. The number of aromatic nitrogens is 2. The molecule has 1 aliphatic rings. The van der Waals surface area contributed by atoms with Crippen LogP contribution >= 0.6 is 0 Å². The lowest BCUT2D eigenvalue weighted by molar-refractivity contribution is -0.112. The molecule has 0 amide bonds. The first-order valence-electron chi connectivity index (χ1n) is 7.01. The Kier molecular flexibility index (Phi) is 4.40. The number of rotatable bonds is 5. The quantitative estimate of drug-likeness (QED) is 0.800. The number of hydrogen-bond donors (Lipinski definition) is 0. The Morgan fingerprint density at radius 2 is 2.17 bits per heavy atom. The molecule has 1 aliphatic heterocycles. The average Bonchev–Trinajstić information content (AvgIpc) is 2.82. The van der Waals surface area contributed by atoms with E-state index in [1.807, 2.05) is 12.4 Å². The highest BCUT2D eigenvalue weighted by molar-refractivity contribution is 4.93. The third-order valence-electron chi connectivity index (χ3n) is 4.19. The minimum absolute atomic E-state index is 0.0832. The van der Waals surface area contributed by atoms with Crippen LogP contribution in [0.3, 0.4) is 0 Å². The van der Waals surface area contributed by atoms with Crippen LogP contribution in [0.1, 0.15) is 32.5 Å². The summed E-state index contributed by atoms with van der Waals surface area (Å²) in [5.74, 6) is 1.17. The van der Waals surface area contributed by atoms with Crippen LogP contribution in [0.25, 0.3) is 0 Å². The van der Waals surface area contributed by atoms with Gasteiger partial charge in [0.25, 0.3) is 0 Å². The van der Waals surface area contributed by atoms with E-state index < -0.39 is 0 Å². The van der Waals surface area contributed by atoms with E-state index in [2.05, 4.69) is 35.3 Å². The predicted octanol–water partition coefficient (Wildman–Crippen LogP) is 1.85. The molecule has 1 fully saturated rings. The molecular weight excluding hydrogens is 226 g/mol. The molecule has 102 valence electrons. The first kappa shape index (κ1) is 13.6. The Morgan fingerprint density at radius 3 is 2.78 bits per heavy atom. The monoisotopic (exact) mass is 251 g/mol. The van der Waals surface area contributed by atoms with Crippen molar-refractivity contribution < 1.29 is 4.74 Å². The fourth-order valence-electron chi connectivity index (χ4n) is 2.69. The Balaban J connectivity index is 1.88. The Hall–Kier alpha value is -0.870. The van der Waals surface area contributed by atoms with Crippen molar-refractivity contribution in [3.05, 3.63) is 18.2 Å². The molecule has 0 aliphatic carbocycles. The smallest absolute Gasteiger partial charge is 0.109 e. The van der Waals surface area contributed by atoms with Crippen molar-refractivity contribution in [3.63, 3.8) is 0 Å². The Labute approximate surface area is 110 Å². The number of nitrogens with zero attached hydrogens (tertiary/aromatic N) is 3. The second kappa shape index (κ2) is 5.85. The molecule has 1 aromatic heterocycles. The summed E-state index contributed by atoms with van der Waals surface area (Å²) in [7, 11) is 2.06. The normalized spacial score (nSPS) is 20.2. The van der Waals surface area contributed by atoms with Crippen LogP contribution in [0.15, 0.2) is 12.4 Å². The van der Waals surface area contributed by atoms with E-state index in [1.54, 1.807) is 0 Å². The molecule has 4 heteroatoms. The first-order valence-corrected chi connectivity index (χ1v) is 7.01. The van der Waals surface area contributed by atoms with Gasteiger partial charge in [-0.15, -0.1) is 0 Å². The van der Waals surface area contributed by atoms with E-state index >= 15 is 0 Å². The lowest BCUT2D eigenvalue weighted by atomic mass is 9.95. The van der Waals surface area contributed by atoms with Gasteiger partial charge in [-0.1, -0.05) is 13.8 Å². The Bertz CT molecular complexity index is 371. The lowest BCUT2D eigenvalue weighted by Crippen LogP contribution is -2.51. The summed E-state index contributed by atoms with van der Waals surface area (Å²) < 4.78 is 8.10. The van der Waals surface area contributed by atoms with Crippen LogP contribution in [0.2, 0.25) is 0 Å². The van der Waals surface area contributed by atoms with Crippen molar-refractivity contribution in [2.45, 2.75) is 38.7 Å². The molecule has 18 heavy (non-hydrogen) atoms. The Morgan fingerprint density at radius 1 is 1.39 bits per heavy atom. The highest BCUT2D eigenvalue weighted by Crippen LogP contribution is 2.25. The average molecular weight is 251 g/mol. The maximum absolute atomic E-state index is 5.99. The summed E-state index contributed by atoms with van der Waals surface area (Å²) in [5, 5.41) is 0. The maximum atomic E-state index is 5.99. The number of hydrogen-bond acceptors (Lipinski definition) is 3. The molecule has 0 N–H and O–H groups in total. The van der Waals surface area contributed by atoms with Gasteiger partial charge in [-0.3, -0.25) is 4.90 Å². The SMILES string of the molecule is CCC1(CC)CN(CCc2nccn2C)CCO1. The van der Waals surface area contributed by atoms with Crippen LogP contribution < -0.4 is 0 Å². The van der Waals surface area contributed by atoms with E-state index in [-0.39, 0.29) is 5.60 Å². The van der Waals surface area contributed by atoms with Gasteiger partial charge < -0.3 is 9.30 Å². The molecule has 0 atom stereocenters. The van der Waals surface area contributed by atoms with Gasteiger partial charge in [0, 0.05) is 45.5 Å². The summed E-state index contributed by atoms with van der Waals surface area (Å²) in [6.07, 6.45) is 7.10. The number of imidazole rings is 1. The van der Waals surface area contributed by atoms with Crippen LogP contribution in [0.4, 0.5) is 0 Å². The van der Waals surface area contributed by atoms with Crippen molar-refractivity contribution in [3.8, 4) is 0 Å². The van der Waals surface area contributed by atoms with Gasteiger partial charge in [0.05, 0.1) is 12.2 Å². The van der Waals surface area contributed by atoms with E-state index in [0.717, 1.165) is 45.5 Å². The molecule has 0 unspecified atom stereocenters. The molecule has 0 bridgehead atoms. The third kappa shape index (κ3) is 2.93. The van der Waals surface area contributed by atoms with E-state index in [0.29, 0.717) is 0 Å². The molecule has 2 heterocycles. The van der Waals surface area contributed by atoms with Gasteiger partial charge in [0.15, 0.2) is 0 Å². The number of aryl methyl sites for hydroxylation is 1. The van der Waals surface area contributed by atoms with E-state index in [1.165, 1.54) is 5.82 Å². The van der Waals surface area contributed by atoms with Crippen molar-refractivity contribution >= 4 is 0 Å². The van der Waals surface area contributed by atoms with E-state index in [4.69, 9.17) is 4.74 Å². The lowest BCUT2D eigenvalue weighted by Gasteiger charge is -2.42. The van der Waals surface area contributed by atoms with Crippen LogP contribution in [0, 0.1) is 0 Å². The molecule has 0 radical (unpaired) electrons. The van der Waals surface area contributed by atoms with Crippen molar-refractivity contribution in [1.82, 2.24) is 14.5 Å². The molecule has 0 saturated carbocycles. The standard InChI is InChI=1S/C14H25N3O/c1-4-14(5-2)12-17(10-11-18-14)8-6-13-15-7-9-16(13)3/h7,9H,4-6,8,10-12H2,1-3H3. The minimum Gasteiger partial charge on any atom is -0.372 e. The van der Waals surface area contributed by atoms with Gasteiger partial charge >= 0.3 is 0 Å².